The Hall–Kier alpha value is -3.46. The molecule has 0 atom stereocenters. The van der Waals surface area contributed by atoms with Gasteiger partial charge in [0, 0.05) is 25.2 Å². The Morgan fingerprint density at radius 2 is 1.68 bits per heavy atom. The fraction of sp³-hybridized carbons (Fsp3) is 0.231. The first kappa shape index (κ1) is 23.7. The Morgan fingerprint density at radius 1 is 1.03 bits per heavy atom. The number of nitrogens with one attached hydrogen (secondary N) is 1. The van der Waals surface area contributed by atoms with Crippen molar-refractivity contribution in [2.24, 2.45) is 0 Å². The molecule has 0 aliphatic heterocycles. The number of nitrogens with two attached hydrogens (primary N) is 1. The van der Waals surface area contributed by atoms with Gasteiger partial charge in [-0.05, 0) is 48.4 Å². The number of methoxy groups -OCH3 is 3. The Bertz CT molecular complexity index is 1300. The zero-order valence-corrected chi connectivity index (χ0v) is 20.4. The molecule has 2 aromatic carbocycles. The van der Waals surface area contributed by atoms with E-state index in [9.17, 15) is 4.79 Å². The zero-order chi connectivity index (χ0) is 24.2. The van der Waals surface area contributed by atoms with Gasteiger partial charge in [-0.2, -0.15) is 0 Å². The molecule has 0 fully saturated rings. The van der Waals surface area contributed by atoms with Crippen LogP contribution in [-0.4, -0.2) is 45.1 Å². The third-order valence-corrected chi connectivity index (χ3v) is 6.71. The molecule has 8 heteroatoms. The summed E-state index contributed by atoms with van der Waals surface area (Å²) in [6, 6.07) is 18.0. The number of hydrogen-bond donors (Lipinski definition) is 2. The maximum atomic E-state index is 13.0. The summed E-state index contributed by atoms with van der Waals surface area (Å²) >= 11 is 1.27. The van der Waals surface area contributed by atoms with Crippen LogP contribution >= 0.6 is 11.3 Å². The summed E-state index contributed by atoms with van der Waals surface area (Å²) in [6.07, 6.45) is -0.539. The van der Waals surface area contributed by atoms with Gasteiger partial charge >= 0.3 is 0 Å². The van der Waals surface area contributed by atoms with E-state index >= 15 is 0 Å². The predicted octanol–water partition coefficient (Wildman–Crippen LogP) is 4.88. The third-order valence-electron chi connectivity index (χ3n) is 5.61. The Labute approximate surface area is 202 Å². The number of fused-ring (bicyclic) bond motifs is 1. The number of aromatic nitrogens is 1. The summed E-state index contributed by atoms with van der Waals surface area (Å²) in [5.74, 6) is 0.480. The first-order valence-electron chi connectivity index (χ1n) is 10.7. The van der Waals surface area contributed by atoms with Crippen LogP contribution in [0.2, 0.25) is 0 Å². The van der Waals surface area contributed by atoms with Crippen LogP contribution in [-0.2, 0) is 9.47 Å². The maximum absolute atomic E-state index is 13.0. The van der Waals surface area contributed by atoms with Gasteiger partial charge in [0.1, 0.15) is 15.5 Å². The van der Waals surface area contributed by atoms with Gasteiger partial charge in [0.2, 0.25) is 0 Å². The third kappa shape index (κ3) is 4.75. The van der Waals surface area contributed by atoms with E-state index in [0.717, 1.165) is 39.1 Å². The molecule has 2 heterocycles. The molecule has 1 amide bonds. The lowest BCUT2D eigenvalue weighted by Crippen LogP contribution is -2.34. The minimum atomic E-state index is -0.539. The SMILES string of the molecule is COc1ccc(-c2cc(-c3ccc(C)cc3)c3c(N)c(C(=O)NCC(OC)OC)sc3n2)cc1. The highest BCUT2D eigenvalue weighted by molar-refractivity contribution is 7.21. The number of nitrogens with zero attached hydrogens (tertiary/aromatic N) is 1. The van der Waals surface area contributed by atoms with E-state index in [2.05, 4.69) is 29.6 Å². The van der Waals surface area contributed by atoms with Crippen LogP contribution in [0.5, 0.6) is 5.75 Å². The quantitative estimate of drug-likeness (QED) is 0.351. The van der Waals surface area contributed by atoms with Crippen LogP contribution in [0.3, 0.4) is 0 Å². The van der Waals surface area contributed by atoms with E-state index in [0.29, 0.717) is 15.4 Å². The molecular formula is C26H27N3O4S. The molecule has 0 bridgehead atoms. The summed E-state index contributed by atoms with van der Waals surface area (Å²) in [5, 5.41) is 3.60. The van der Waals surface area contributed by atoms with Crippen LogP contribution < -0.4 is 15.8 Å². The number of benzene rings is 2. The second-order valence-corrected chi connectivity index (χ2v) is 8.78. The molecule has 4 aromatic rings. The maximum Gasteiger partial charge on any atom is 0.263 e. The average Bonchev–Trinajstić information content (AvgIpc) is 3.21. The summed E-state index contributed by atoms with van der Waals surface area (Å²) in [4.78, 5) is 18.9. The lowest BCUT2D eigenvalue weighted by Gasteiger charge is -2.13. The van der Waals surface area contributed by atoms with Crippen molar-refractivity contribution in [2.75, 3.05) is 33.6 Å². The minimum absolute atomic E-state index is 0.203. The van der Waals surface area contributed by atoms with Crippen LogP contribution in [0.4, 0.5) is 5.69 Å². The number of nitrogen functional groups attached to an aromatic ring is 1. The van der Waals surface area contributed by atoms with Crippen molar-refractivity contribution < 1.29 is 19.0 Å². The van der Waals surface area contributed by atoms with E-state index in [4.69, 9.17) is 24.9 Å². The van der Waals surface area contributed by atoms with Crippen molar-refractivity contribution in [1.82, 2.24) is 10.3 Å². The zero-order valence-electron chi connectivity index (χ0n) is 19.5. The van der Waals surface area contributed by atoms with Crippen molar-refractivity contribution >= 4 is 33.1 Å². The number of carbonyl (C=O) groups is 1. The topological polar surface area (TPSA) is 95.7 Å². The van der Waals surface area contributed by atoms with Crippen LogP contribution in [0.25, 0.3) is 32.6 Å². The number of hydrogen-bond acceptors (Lipinski definition) is 7. The molecule has 0 saturated heterocycles. The average molecular weight is 478 g/mol. The molecule has 34 heavy (non-hydrogen) atoms. The smallest absolute Gasteiger partial charge is 0.263 e. The van der Waals surface area contributed by atoms with Crippen molar-refractivity contribution in [3.63, 3.8) is 0 Å². The Morgan fingerprint density at radius 3 is 2.29 bits per heavy atom. The van der Waals surface area contributed by atoms with Crippen molar-refractivity contribution in [3.05, 3.63) is 65.0 Å². The van der Waals surface area contributed by atoms with Crippen LogP contribution in [0.15, 0.2) is 54.6 Å². The molecule has 7 nitrogen and oxygen atoms in total. The highest BCUT2D eigenvalue weighted by Gasteiger charge is 2.22. The molecular weight excluding hydrogens is 450 g/mol. The van der Waals surface area contributed by atoms with E-state index in [1.165, 1.54) is 25.6 Å². The second kappa shape index (κ2) is 10.2. The van der Waals surface area contributed by atoms with Gasteiger partial charge in [0.25, 0.3) is 5.91 Å². The van der Waals surface area contributed by atoms with Gasteiger partial charge in [-0.3, -0.25) is 4.79 Å². The summed E-state index contributed by atoms with van der Waals surface area (Å²) in [7, 11) is 4.68. The van der Waals surface area contributed by atoms with Crippen molar-refractivity contribution in [3.8, 4) is 28.1 Å². The standard InChI is InChI=1S/C26H27N3O4S/c1-15-5-7-16(8-6-15)19-13-20(17-9-11-18(31-2)12-10-17)29-26-22(19)23(27)24(34-26)25(30)28-14-21(32-3)33-4/h5-13,21H,14,27H2,1-4H3,(H,28,30). The number of amides is 1. The minimum Gasteiger partial charge on any atom is -0.497 e. The fourth-order valence-electron chi connectivity index (χ4n) is 3.68. The van der Waals surface area contributed by atoms with E-state index in [1.54, 1.807) is 7.11 Å². The molecule has 0 unspecified atom stereocenters. The highest BCUT2D eigenvalue weighted by Crippen LogP contribution is 2.41. The molecule has 0 aliphatic carbocycles. The second-order valence-electron chi connectivity index (χ2n) is 7.79. The molecule has 0 spiro atoms. The largest absolute Gasteiger partial charge is 0.497 e. The normalized spacial score (nSPS) is 11.2. The molecule has 2 aromatic heterocycles. The number of rotatable bonds is 8. The molecule has 4 rings (SSSR count). The molecule has 176 valence electrons. The first-order valence-corrected chi connectivity index (χ1v) is 11.5. The number of thiophene rings is 1. The Balaban J connectivity index is 1.83. The number of anilines is 1. The number of pyridine rings is 1. The Kier molecular flexibility index (Phi) is 7.12. The summed E-state index contributed by atoms with van der Waals surface area (Å²) in [5.41, 5.74) is 11.8. The lowest BCUT2D eigenvalue weighted by molar-refractivity contribution is -0.0974. The summed E-state index contributed by atoms with van der Waals surface area (Å²) in [6.45, 7) is 2.25. The van der Waals surface area contributed by atoms with Gasteiger partial charge in [0.05, 0.1) is 25.0 Å². The number of aryl methyl sites for hydroxylation is 1. The van der Waals surface area contributed by atoms with Gasteiger partial charge in [-0.15, -0.1) is 11.3 Å². The van der Waals surface area contributed by atoms with E-state index in [1.807, 2.05) is 37.3 Å². The molecule has 0 aliphatic rings. The van der Waals surface area contributed by atoms with E-state index < -0.39 is 6.29 Å². The molecule has 0 saturated carbocycles. The van der Waals surface area contributed by atoms with E-state index in [-0.39, 0.29) is 12.5 Å². The lowest BCUT2D eigenvalue weighted by atomic mass is 9.98. The monoisotopic (exact) mass is 477 g/mol. The molecule has 3 N–H and O–H groups in total. The van der Waals surface area contributed by atoms with Gasteiger partial charge < -0.3 is 25.3 Å². The van der Waals surface area contributed by atoms with Crippen molar-refractivity contribution in [1.29, 1.82) is 0 Å². The van der Waals surface area contributed by atoms with Crippen LogP contribution in [0.1, 0.15) is 15.2 Å². The van der Waals surface area contributed by atoms with Crippen molar-refractivity contribution in [2.45, 2.75) is 13.2 Å². The van der Waals surface area contributed by atoms with Crippen LogP contribution in [0, 0.1) is 6.92 Å². The predicted molar refractivity (Wildman–Crippen MR) is 136 cm³/mol. The summed E-state index contributed by atoms with van der Waals surface area (Å²) < 4.78 is 15.6. The van der Waals surface area contributed by atoms with Gasteiger partial charge in [-0.25, -0.2) is 4.98 Å². The fourth-order valence-corrected chi connectivity index (χ4v) is 4.72. The number of ether oxygens (including phenoxy) is 3. The van der Waals surface area contributed by atoms with Gasteiger partial charge in [-0.1, -0.05) is 29.8 Å². The number of carbonyl (C=O) groups excluding carboxylic acids is 1. The van der Waals surface area contributed by atoms with Gasteiger partial charge in [0.15, 0.2) is 6.29 Å². The molecule has 0 radical (unpaired) electrons. The first-order chi connectivity index (χ1) is 16.4. The highest BCUT2D eigenvalue weighted by atomic mass is 32.1.